The Hall–Kier alpha value is -1.08. The molecule has 0 aliphatic rings. The normalized spacial score (nSPS) is 13.9. The van der Waals surface area contributed by atoms with Gasteiger partial charge in [0.05, 0.1) is 5.56 Å². The molecule has 0 aliphatic carbocycles. The zero-order valence-corrected chi connectivity index (χ0v) is 8.19. The lowest BCUT2D eigenvalue weighted by atomic mass is 10.1. The SMILES string of the molecule is Nc1ccc(CS(=O)[O-])cc1C(F)(F)F. The number of hydrogen-bond acceptors (Lipinski definition) is 3. The summed E-state index contributed by atoms with van der Waals surface area (Å²) >= 11 is -2.42. The highest BCUT2D eigenvalue weighted by atomic mass is 32.2. The average molecular weight is 238 g/mol. The molecule has 0 aliphatic heterocycles. The highest BCUT2D eigenvalue weighted by Crippen LogP contribution is 2.34. The molecule has 0 saturated carbocycles. The van der Waals surface area contributed by atoms with Crippen LogP contribution in [0.5, 0.6) is 0 Å². The first-order valence-electron chi connectivity index (χ1n) is 3.82. The minimum atomic E-state index is -4.57. The Balaban J connectivity index is 3.11. The van der Waals surface area contributed by atoms with Gasteiger partial charge in [-0.15, -0.1) is 0 Å². The van der Waals surface area contributed by atoms with E-state index in [1.807, 2.05) is 0 Å². The molecule has 1 aromatic rings. The first kappa shape index (κ1) is 12.0. The van der Waals surface area contributed by atoms with Crippen molar-refractivity contribution in [3.63, 3.8) is 0 Å². The van der Waals surface area contributed by atoms with E-state index in [-0.39, 0.29) is 5.56 Å². The molecule has 2 N–H and O–H groups in total. The fourth-order valence-corrected chi connectivity index (χ4v) is 1.53. The smallest absolute Gasteiger partial charge is 0.418 e. The predicted octanol–water partition coefficient (Wildman–Crippen LogP) is 1.67. The summed E-state index contributed by atoms with van der Waals surface area (Å²) in [5, 5.41) is 0. The maximum Gasteiger partial charge on any atom is 0.418 e. The first-order valence-corrected chi connectivity index (χ1v) is 5.06. The van der Waals surface area contributed by atoms with E-state index in [0.717, 1.165) is 12.1 Å². The lowest BCUT2D eigenvalue weighted by Crippen LogP contribution is -2.10. The number of rotatable bonds is 2. The van der Waals surface area contributed by atoms with E-state index in [1.165, 1.54) is 6.07 Å². The van der Waals surface area contributed by atoms with E-state index < -0.39 is 34.3 Å². The van der Waals surface area contributed by atoms with Gasteiger partial charge in [-0.05, 0) is 17.7 Å². The van der Waals surface area contributed by atoms with Gasteiger partial charge in [-0.2, -0.15) is 13.2 Å². The van der Waals surface area contributed by atoms with Crippen molar-refractivity contribution in [2.75, 3.05) is 5.73 Å². The van der Waals surface area contributed by atoms with Gasteiger partial charge in [-0.25, -0.2) is 0 Å². The molecule has 1 unspecified atom stereocenters. The number of benzene rings is 1. The summed E-state index contributed by atoms with van der Waals surface area (Å²) < 4.78 is 57.6. The molecule has 7 heteroatoms. The maximum atomic E-state index is 12.3. The molecule has 0 bridgehead atoms. The summed E-state index contributed by atoms with van der Waals surface area (Å²) in [7, 11) is 0. The predicted molar refractivity (Wildman–Crippen MR) is 48.5 cm³/mol. The third-order valence-electron chi connectivity index (χ3n) is 1.71. The van der Waals surface area contributed by atoms with Gasteiger partial charge >= 0.3 is 6.18 Å². The zero-order chi connectivity index (χ0) is 11.6. The number of anilines is 1. The van der Waals surface area contributed by atoms with Crippen LogP contribution < -0.4 is 5.73 Å². The number of nitrogens with two attached hydrogens (primary N) is 1. The molecule has 0 fully saturated rings. The van der Waals surface area contributed by atoms with Crippen molar-refractivity contribution in [2.45, 2.75) is 11.9 Å². The lowest BCUT2D eigenvalue weighted by Gasteiger charge is -2.12. The molecule has 0 radical (unpaired) electrons. The van der Waals surface area contributed by atoms with E-state index >= 15 is 0 Å². The Bertz CT molecular complexity index is 392. The van der Waals surface area contributed by atoms with Gasteiger partial charge in [-0.3, -0.25) is 4.21 Å². The fraction of sp³-hybridized carbons (Fsp3) is 0.250. The van der Waals surface area contributed by atoms with Gasteiger partial charge in [0.2, 0.25) is 0 Å². The van der Waals surface area contributed by atoms with Crippen molar-refractivity contribution in [1.82, 2.24) is 0 Å². The van der Waals surface area contributed by atoms with Crippen LogP contribution in [0.15, 0.2) is 18.2 Å². The van der Waals surface area contributed by atoms with Crippen molar-refractivity contribution in [2.24, 2.45) is 0 Å². The summed E-state index contributed by atoms with van der Waals surface area (Å²) in [4.78, 5) is 0. The van der Waals surface area contributed by atoms with Crippen LogP contribution in [-0.4, -0.2) is 8.76 Å². The lowest BCUT2D eigenvalue weighted by molar-refractivity contribution is -0.136. The molecule has 0 spiro atoms. The number of nitrogen functional groups attached to an aromatic ring is 1. The Labute approximate surface area is 86.4 Å². The maximum absolute atomic E-state index is 12.3. The molecule has 0 aromatic heterocycles. The van der Waals surface area contributed by atoms with Crippen molar-refractivity contribution < 1.29 is 21.9 Å². The second-order valence-corrected chi connectivity index (χ2v) is 3.76. The Kier molecular flexibility index (Phi) is 3.35. The van der Waals surface area contributed by atoms with Gasteiger partial charge in [0.1, 0.15) is 0 Å². The van der Waals surface area contributed by atoms with Crippen molar-refractivity contribution >= 4 is 16.8 Å². The van der Waals surface area contributed by atoms with Crippen molar-refractivity contribution in [1.29, 1.82) is 0 Å². The van der Waals surface area contributed by atoms with Gasteiger partial charge in [-0.1, -0.05) is 17.1 Å². The third kappa shape index (κ3) is 3.21. The van der Waals surface area contributed by atoms with E-state index in [1.54, 1.807) is 0 Å². The Morgan fingerprint density at radius 3 is 2.47 bits per heavy atom. The summed E-state index contributed by atoms with van der Waals surface area (Å²) in [5.74, 6) is -0.455. The molecule has 0 heterocycles. The van der Waals surface area contributed by atoms with Gasteiger partial charge in [0.15, 0.2) is 0 Å². The van der Waals surface area contributed by atoms with Crippen molar-refractivity contribution in [3.05, 3.63) is 29.3 Å². The number of hydrogen-bond donors (Lipinski definition) is 1. The molecule has 84 valence electrons. The summed E-state index contributed by atoms with van der Waals surface area (Å²) in [6, 6.07) is 3.04. The van der Waals surface area contributed by atoms with Crippen LogP contribution in [0.2, 0.25) is 0 Å². The Morgan fingerprint density at radius 1 is 1.40 bits per heavy atom. The van der Waals surface area contributed by atoms with Gasteiger partial charge < -0.3 is 10.3 Å². The molecule has 1 atom stereocenters. The van der Waals surface area contributed by atoms with Crippen LogP contribution in [0, 0.1) is 0 Å². The monoisotopic (exact) mass is 238 g/mol. The second kappa shape index (κ2) is 4.19. The van der Waals surface area contributed by atoms with Crippen LogP contribution in [0.25, 0.3) is 0 Å². The molecule has 1 aromatic carbocycles. The second-order valence-electron chi connectivity index (χ2n) is 2.87. The van der Waals surface area contributed by atoms with Crippen molar-refractivity contribution in [3.8, 4) is 0 Å². The van der Waals surface area contributed by atoms with E-state index in [0.29, 0.717) is 0 Å². The topological polar surface area (TPSA) is 66.2 Å². The molecule has 1 rings (SSSR count). The molecule has 3 nitrogen and oxygen atoms in total. The first-order chi connectivity index (χ1) is 6.80. The quantitative estimate of drug-likeness (QED) is 0.629. The van der Waals surface area contributed by atoms with Crippen LogP contribution in [-0.2, 0) is 23.0 Å². The standard InChI is InChI=1S/C8H8F3NO2S/c9-8(10,11)6-3-5(4-15(13)14)1-2-7(6)12/h1-3H,4,12H2,(H,13,14)/p-1. The summed E-state index contributed by atoms with van der Waals surface area (Å²) in [6.07, 6.45) is -4.57. The fourth-order valence-electron chi connectivity index (χ4n) is 1.07. The van der Waals surface area contributed by atoms with Crippen LogP contribution in [0.1, 0.15) is 11.1 Å². The third-order valence-corrected chi connectivity index (χ3v) is 2.28. The number of alkyl halides is 3. The van der Waals surface area contributed by atoms with E-state index in [2.05, 4.69) is 0 Å². The number of halogens is 3. The zero-order valence-electron chi connectivity index (χ0n) is 7.38. The van der Waals surface area contributed by atoms with Gasteiger partial charge in [0.25, 0.3) is 0 Å². The molecule has 0 saturated heterocycles. The molecule has 15 heavy (non-hydrogen) atoms. The highest BCUT2D eigenvalue weighted by Gasteiger charge is 2.32. The summed E-state index contributed by atoms with van der Waals surface area (Å²) in [5.41, 5.74) is 3.77. The largest absolute Gasteiger partial charge is 0.772 e. The molecular weight excluding hydrogens is 231 g/mol. The van der Waals surface area contributed by atoms with Gasteiger partial charge in [0, 0.05) is 11.4 Å². The van der Waals surface area contributed by atoms with Crippen LogP contribution in [0.3, 0.4) is 0 Å². The Morgan fingerprint density at radius 2 is 2.00 bits per heavy atom. The highest BCUT2D eigenvalue weighted by molar-refractivity contribution is 7.78. The van der Waals surface area contributed by atoms with Crippen LogP contribution >= 0.6 is 0 Å². The molecular formula is C8H7F3NO2S-. The van der Waals surface area contributed by atoms with Crippen LogP contribution in [0.4, 0.5) is 18.9 Å². The average Bonchev–Trinajstić information content (AvgIpc) is 2.05. The minimum absolute atomic E-state index is 0.0601. The van der Waals surface area contributed by atoms with E-state index in [9.17, 15) is 21.9 Å². The molecule has 0 amide bonds. The minimum Gasteiger partial charge on any atom is -0.772 e. The summed E-state index contributed by atoms with van der Waals surface area (Å²) in [6.45, 7) is 0. The van der Waals surface area contributed by atoms with E-state index in [4.69, 9.17) is 5.73 Å².